The summed E-state index contributed by atoms with van der Waals surface area (Å²) in [5.41, 5.74) is 11.7. The Morgan fingerprint density at radius 1 is 0.637 bits per heavy atom. The molecule has 0 saturated carbocycles. The minimum atomic E-state index is -1.96. The first-order valence-corrected chi connectivity index (χ1v) is 26.2. The molecule has 0 aromatic heterocycles. The fourth-order valence-electron chi connectivity index (χ4n) is 8.02. The van der Waals surface area contributed by atoms with Gasteiger partial charge in [0.25, 0.3) is 0 Å². The van der Waals surface area contributed by atoms with E-state index in [4.69, 9.17) is 16.2 Å². The number of aliphatic imine (C=N–C) groups is 1. The molecule has 1 heterocycles. The Hall–Kier alpha value is -7.95. The van der Waals surface area contributed by atoms with Crippen molar-refractivity contribution < 1.29 is 73.1 Å². The van der Waals surface area contributed by atoms with E-state index < -0.39 is 158 Å². The Kier molecular flexibility index (Phi) is 27.8. The average Bonchev–Trinajstić information content (AvgIpc) is 3.43. The third-order valence-corrected chi connectivity index (χ3v) is 12.8. The van der Waals surface area contributed by atoms with Crippen LogP contribution in [0.4, 0.5) is 4.79 Å². The van der Waals surface area contributed by atoms with Crippen LogP contribution in [-0.4, -0.2) is 173 Å². The zero-order valence-electron chi connectivity index (χ0n) is 45.7. The highest BCUT2D eigenvalue weighted by Gasteiger charge is 2.41. The van der Waals surface area contributed by atoms with Gasteiger partial charge in [-0.1, -0.05) is 109 Å². The molecule has 1 saturated heterocycles. The van der Waals surface area contributed by atoms with Gasteiger partial charge >= 0.3 is 6.09 Å². The van der Waals surface area contributed by atoms with Crippen LogP contribution < -0.4 is 64.6 Å². The molecule has 3 rings (SSSR count). The molecular weight excluding hydrogens is 1050 g/mol. The first-order chi connectivity index (χ1) is 37.9. The Morgan fingerprint density at radius 3 is 1.71 bits per heavy atom. The molecule has 0 aliphatic carbocycles. The highest BCUT2D eigenvalue weighted by Crippen LogP contribution is 2.20. The van der Waals surface area contributed by atoms with Gasteiger partial charge in [-0.05, 0) is 48.1 Å². The lowest BCUT2D eigenvalue weighted by molar-refractivity contribution is -0.138. The van der Waals surface area contributed by atoms with Gasteiger partial charge < -0.3 is 89.8 Å². The molecule has 2 aromatic rings. The zero-order chi connectivity index (χ0) is 59.6. The SMILES string of the molecule is CC[C@H](C)[C@@H]1NC(=O)[C@@H](CCCN=C(N)N)NC(=O)[C@H](CC(C)C)NC(=O)[C@H]([C@H](O)C(C)C)NC(=O)[C@@H](NC(=O)OCc2ccccc2)[C@@H](c2ccccc2)NC(=O)C(CO)NC(=O)[C@H](CO)NC(=O)CNC(=O)[C@H](CO)NC1=O. The van der Waals surface area contributed by atoms with E-state index in [2.05, 4.69) is 58.2 Å². The monoisotopic (exact) mass is 1130 g/mol. The molecular formula is C52H79N13O15. The van der Waals surface area contributed by atoms with Gasteiger partial charge in [0.05, 0.1) is 38.5 Å². The summed E-state index contributed by atoms with van der Waals surface area (Å²) < 4.78 is 5.46. The molecule has 1 aliphatic heterocycles. The second-order valence-corrected chi connectivity index (χ2v) is 19.9. The van der Waals surface area contributed by atoms with Crippen LogP contribution in [0.25, 0.3) is 0 Å². The number of benzene rings is 2. The number of ether oxygens (including phenoxy) is 1. The molecule has 18 N–H and O–H groups in total. The van der Waals surface area contributed by atoms with E-state index in [1.165, 1.54) is 38.1 Å². The number of nitrogens with two attached hydrogens (primary N) is 2. The molecule has 28 nitrogen and oxygen atoms in total. The predicted octanol–water partition coefficient (Wildman–Crippen LogP) is -4.20. The van der Waals surface area contributed by atoms with E-state index in [1.54, 1.807) is 64.1 Å². The van der Waals surface area contributed by atoms with Crippen molar-refractivity contribution in [1.82, 2.24) is 53.2 Å². The number of hydrogen-bond acceptors (Lipinski definition) is 16. The lowest BCUT2D eigenvalue weighted by Gasteiger charge is -2.33. The number of aliphatic hydroxyl groups is 4. The lowest BCUT2D eigenvalue weighted by atomic mass is 9.94. The molecule has 1 unspecified atom stereocenters. The fourth-order valence-corrected chi connectivity index (χ4v) is 8.02. The molecule has 28 heteroatoms. The van der Waals surface area contributed by atoms with Crippen LogP contribution in [-0.2, 0) is 54.5 Å². The first-order valence-electron chi connectivity index (χ1n) is 26.2. The standard InChI is InChI=1S/C52H79N13O15/c1-7-29(6)38-48(76)61-34(23-66)43(71)56-22-37(69)57-35(24-67)46(74)60-36(25-68)47(75)63-39(31-17-12-9-13-18-31)40(65-52(79)80-26-30-15-10-8-11-16-30)49(77)64-41(42(70)28(4)5)50(78)59-33(21-27(2)3)45(73)58-32(44(72)62-38)19-14-20-55-51(53)54/h8-13,15-18,27-29,32-36,38-42,66-68,70H,7,14,19-26H2,1-6H3,(H,56,71)(H,57,69)(H,58,73)(H,59,78)(H,60,74)(H,61,76)(H,62,72)(H,63,75)(H,64,77)(H,65,79)(H4,53,54,55)/t29-,32+,33-,34-,35-,36?,38-,39+,40-,41-,42+/m0/s1. The molecule has 1 aliphatic rings. The van der Waals surface area contributed by atoms with Crippen LogP contribution in [0, 0.1) is 17.8 Å². The quantitative estimate of drug-likeness (QED) is 0.0406. The van der Waals surface area contributed by atoms with E-state index in [0.717, 1.165) is 0 Å². The summed E-state index contributed by atoms with van der Waals surface area (Å²) in [7, 11) is 0. The topological polar surface area (TPSA) is 446 Å². The minimum absolute atomic E-state index is 0.00547. The minimum Gasteiger partial charge on any atom is -0.445 e. The smallest absolute Gasteiger partial charge is 0.408 e. The molecule has 0 radical (unpaired) electrons. The Labute approximate surface area is 463 Å². The number of rotatable bonds is 17. The van der Waals surface area contributed by atoms with Crippen LogP contribution in [0.3, 0.4) is 0 Å². The third kappa shape index (κ3) is 21.4. The van der Waals surface area contributed by atoms with Gasteiger partial charge in [-0.2, -0.15) is 0 Å². The first kappa shape index (κ1) is 66.3. The van der Waals surface area contributed by atoms with Gasteiger partial charge in [-0.25, -0.2) is 4.79 Å². The van der Waals surface area contributed by atoms with E-state index in [-0.39, 0.29) is 56.3 Å². The van der Waals surface area contributed by atoms with E-state index in [1.807, 2.05) is 0 Å². The van der Waals surface area contributed by atoms with Crippen molar-refractivity contribution >= 4 is 65.2 Å². The molecule has 2 aromatic carbocycles. The van der Waals surface area contributed by atoms with Gasteiger partial charge in [0.1, 0.15) is 54.9 Å². The zero-order valence-corrected chi connectivity index (χ0v) is 45.7. The second kappa shape index (κ2) is 33.5. The molecule has 1 fully saturated rings. The summed E-state index contributed by atoms with van der Waals surface area (Å²) in [6, 6.07) is 0.679. The third-order valence-electron chi connectivity index (χ3n) is 12.8. The van der Waals surface area contributed by atoms with Crippen molar-refractivity contribution in [1.29, 1.82) is 0 Å². The number of carbonyl (C=O) groups excluding carboxylic acids is 10. The number of nitrogens with one attached hydrogen (secondary N) is 10. The van der Waals surface area contributed by atoms with Crippen molar-refractivity contribution in [3.8, 4) is 0 Å². The maximum atomic E-state index is 14.9. The number of aliphatic hydroxyl groups excluding tert-OH is 4. The molecule has 80 heavy (non-hydrogen) atoms. The predicted molar refractivity (Wildman–Crippen MR) is 288 cm³/mol. The number of carbonyl (C=O) groups is 10. The normalized spacial score (nSPS) is 24.6. The number of alkyl carbamates (subject to hydrolysis) is 1. The van der Waals surface area contributed by atoms with Crippen molar-refractivity contribution in [2.24, 2.45) is 34.2 Å². The van der Waals surface area contributed by atoms with Gasteiger partial charge in [0, 0.05) is 6.54 Å². The van der Waals surface area contributed by atoms with Crippen LogP contribution in [0.15, 0.2) is 65.7 Å². The van der Waals surface area contributed by atoms with Crippen molar-refractivity contribution in [3.05, 3.63) is 71.8 Å². The summed E-state index contributed by atoms with van der Waals surface area (Å²) in [5, 5.41) is 66.7. The van der Waals surface area contributed by atoms with Crippen molar-refractivity contribution in [2.45, 2.75) is 134 Å². The highest BCUT2D eigenvalue weighted by molar-refractivity contribution is 5.99. The summed E-state index contributed by atoms with van der Waals surface area (Å²) >= 11 is 0. The molecule has 0 bridgehead atoms. The molecule has 0 spiro atoms. The van der Waals surface area contributed by atoms with E-state index in [0.29, 0.717) is 5.56 Å². The number of amides is 10. The lowest BCUT2D eigenvalue weighted by Crippen LogP contribution is -2.64. The number of hydrogen-bond donors (Lipinski definition) is 16. The maximum Gasteiger partial charge on any atom is 0.408 e. The van der Waals surface area contributed by atoms with E-state index >= 15 is 0 Å². The molecule has 10 amide bonds. The van der Waals surface area contributed by atoms with Crippen LogP contribution in [0.5, 0.6) is 0 Å². The van der Waals surface area contributed by atoms with Crippen molar-refractivity contribution in [2.75, 3.05) is 32.9 Å². The summed E-state index contributed by atoms with van der Waals surface area (Å²) in [4.78, 5) is 144. The van der Waals surface area contributed by atoms with Crippen LogP contribution in [0.1, 0.15) is 84.4 Å². The van der Waals surface area contributed by atoms with Crippen molar-refractivity contribution in [3.63, 3.8) is 0 Å². The molecule has 11 atom stereocenters. The van der Waals surface area contributed by atoms with Gasteiger partial charge in [-0.3, -0.25) is 48.1 Å². The van der Waals surface area contributed by atoms with Gasteiger partial charge in [0.15, 0.2) is 5.96 Å². The van der Waals surface area contributed by atoms with Crippen LogP contribution >= 0.6 is 0 Å². The summed E-state index contributed by atoms with van der Waals surface area (Å²) in [5.74, 6) is -11.7. The second-order valence-electron chi connectivity index (χ2n) is 19.9. The van der Waals surface area contributed by atoms with Crippen LogP contribution in [0.2, 0.25) is 0 Å². The number of nitrogens with zero attached hydrogens (tertiary/aromatic N) is 1. The Balaban J connectivity index is 2.27. The number of guanidine groups is 1. The summed E-state index contributed by atoms with van der Waals surface area (Å²) in [6.07, 6.45) is -2.76. The Morgan fingerprint density at radius 2 is 1.14 bits per heavy atom. The van der Waals surface area contributed by atoms with Gasteiger partial charge in [0.2, 0.25) is 53.2 Å². The van der Waals surface area contributed by atoms with Gasteiger partial charge in [-0.15, -0.1) is 0 Å². The average molecular weight is 1130 g/mol. The Bertz CT molecular complexity index is 2430. The summed E-state index contributed by atoms with van der Waals surface area (Å²) in [6.45, 7) is 5.42. The van der Waals surface area contributed by atoms with E-state index in [9.17, 15) is 68.4 Å². The highest BCUT2D eigenvalue weighted by atomic mass is 16.5. The maximum absolute atomic E-state index is 14.9. The largest absolute Gasteiger partial charge is 0.445 e. The molecule has 442 valence electrons. The fraction of sp³-hybridized carbons (Fsp3) is 0.558.